The third-order valence-electron chi connectivity index (χ3n) is 4.53. The van der Waals surface area contributed by atoms with Gasteiger partial charge in [0.05, 0.1) is 11.5 Å². The van der Waals surface area contributed by atoms with E-state index in [2.05, 4.69) is 10.3 Å². The monoisotopic (exact) mass is 491 g/mol. The van der Waals surface area contributed by atoms with Gasteiger partial charge in [-0.15, -0.1) is 0 Å². The molecule has 0 spiro atoms. The van der Waals surface area contributed by atoms with Crippen LogP contribution in [-0.4, -0.2) is 75.0 Å². The minimum Gasteiger partial charge on any atom is -0.445 e. The Balaban J connectivity index is 1.97. The topological polar surface area (TPSA) is 137 Å². The number of halogens is 3. The number of nitrogens with one attached hydrogen (secondary N) is 1. The van der Waals surface area contributed by atoms with Crippen LogP contribution in [0.5, 0.6) is 0 Å². The molecule has 0 bridgehead atoms. The van der Waals surface area contributed by atoms with Crippen LogP contribution in [0, 0.1) is 17.0 Å². The van der Waals surface area contributed by atoms with E-state index in [4.69, 9.17) is 39.5 Å². The van der Waals surface area contributed by atoms with Gasteiger partial charge in [-0.2, -0.15) is 0 Å². The van der Waals surface area contributed by atoms with E-state index in [-0.39, 0.29) is 30.5 Å². The summed E-state index contributed by atoms with van der Waals surface area (Å²) >= 11 is 17.9. The van der Waals surface area contributed by atoms with Crippen molar-refractivity contribution >= 4 is 56.6 Å². The lowest BCUT2D eigenvalue weighted by atomic mass is 10.2. The summed E-state index contributed by atoms with van der Waals surface area (Å²) in [5.74, 6) is 0.0678. The molecule has 15 heteroatoms. The largest absolute Gasteiger partial charge is 0.445 e. The highest BCUT2D eigenvalue weighted by atomic mass is 35.6. The molecule has 0 radical (unpaired) electrons. The molecule has 2 atom stereocenters. The maximum absolute atomic E-state index is 12.2. The predicted octanol–water partition coefficient (Wildman–Crippen LogP) is 1.64. The summed E-state index contributed by atoms with van der Waals surface area (Å²) in [6, 6.07) is -0.433. The Morgan fingerprint density at radius 1 is 1.55 bits per heavy atom. The fraction of sp³-hybridized carbons (Fsp3) is 0.714. The molecule has 29 heavy (non-hydrogen) atoms. The molecule has 1 aromatic rings. The van der Waals surface area contributed by atoms with Crippen LogP contribution in [0.2, 0.25) is 0 Å². The first-order chi connectivity index (χ1) is 13.3. The first kappa shape index (κ1) is 23.9. The number of amides is 1. The molecule has 1 amide bonds. The van der Waals surface area contributed by atoms with E-state index < -0.39 is 36.9 Å². The van der Waals surface area contributed by atoms with Gasteiger partial charge in [-0.1, -0.05) is 34.8 Å². The Kier molecular flexibility index (Phi) is 7.60. The van der Waals surface area contributed by atoms with Gasteiger partial charge >= 0.3 is 11.9 Å². The highest BCUT2D eigenvalue weighted by Gasteiger charge is 2.42. The Bertz CT molecular complexity index is 872. The molecule has 2 rings (SSSR count). The van der Waals surface area contributed by atoms with E-state index in [1.54, 1.807) is 6.92 Å². The summed E-state index contributed by atoms with van der Waals surface area (Å²) in [5, 5.41) is 13.4. The van der Waals surface area contributed by atoms with E-state index in [9.17, 15) is 23.3 Å². The summed E-state index contributed by atoms with van der Waals surface area (Å²) in [6.45, 7) is 1.39. The van der Waals surface area contributed by atoms with Gasteiger partial charge in [-0.3, -0.25) is 4.90 Å². The van der Waals surface area contributed by atoms with Gasteiger partial charge in [0.2, 0.25) is 3.79 Å². The summed E-state index contributed by atoms with van der Waals surface area (Å²) < 4.78 is 27.8. The number of sulfone groups is 1. The van der Waals surface area contributed by atoms with E-state index in [1.165, 1.54) is 16.5 Å². The molecular weight excluding hydrogens is 473 g/mol. The van der Waals surface area contributed by atoms with Crippen molar-refractivity contribution in [3.05, 3.63) is 22.1 Å². The van der Waals surface area contributed by atoms with Gasteiger partial charge in [-0.25, -0.2) is 22.8 Å². The fourth-order valence-electron chi connectivity index (χ4n) is 2.98. The Labute approximate surface area is 182 Å². The zero-order valence-electron chi connectivity index (χ0n) is 15.5. The Morgan fingerprint density at radius 3 is 2.72 bits per heavy atom. The molecule has 0 aliphatic carbocycles. The normalized spacial score (nSPS) is 19.9. The highest BCUT2D eigenvalue weighted by molar-refractivity contribution is 7.91. The minimum absolute atomic E-state index is 0.00467. The number of hydrogen-bond donors (Lipinski definition) is 1. The average Bonchev–Trinajstić information content (AvgIpc) is 3.14. The number of carbonyl (C=O) groups excluding carboxylic acids is 1. The summed E-state index contributed by atoms with van der Waals surface area (Å²) in [4.78, 5) is 27.9. The number of nitrogens with zero attached hydrogens (tertiary/aromatic N) is 4. The van der Waals surface area contributed by atoms with Gasteiger partial charge < -0.3 is 20.2 Å². The van der Waals surface area contributed by atoms with Crippen LogP contribution in [0.3, 0.4) is 0 Å². The van der Waals surface area contributed by atoms with Crippen molar-refractivity contribution in [3.63, 3.8) is 0 Å². The van der Waals surface area contributed by atoms with Gasteiger partial charge in [-0.05, 0) is 18.4 Å². The molecule has 1 N–H and O–H groups in total. The van der Waals surface area contributed by atoms with Crippen LogP contribution in [0.4, 0.5) is 10.6 Å². The number of ether oxygens (including phenoxy) is 1. The number of alkyl halides is 3. The molecule has 164 valence electrons. The average molecular weight is 493 g/mol. The van der Waals surface area contributed by atoms with E-state index in [1.807, 2.05) is 0 Å². The number of rotatable bonds is 7. The second-order valence-electron chi connectivity index (χ2n) is 6.52. The number of imidazole rings is 1. The third kappa shape index (κ3) is 6.32. The number of aryl methyl sites for hydroxylation is 1. The van der Waals surface area contributed by atoms with Crippen LogP contribution >= 0.6 is 34.8 Å². The number of aromatic nitrogens is 2. The second-order valence-corrected chi connectivity index (χ2v) is 11.1. The second kappa shape index (κ2) is 9.21. The van der Waals surface area contributed by atoms with Crippen molar-refractivity contribution in [2.75, 3.05) is 25.2 Å². The van der Waals surface area contributed by atoms with Crippen molar-refractivity contribution in [2.24, 2.45) is 0 Å². The van der Waals surface area contributed by atoms with Crippen molar-refractivity contribution in [1.82, 2.24) is 19.8 Å². The van der Waals surface area contributed by atoms with Crippen LogP contribution < -0.4 is 5.32 Å². The molecule has 0 aromatic carbocycles. The highest BCUT2D eigenvalue weighted by Crippen LogP contribution is 2.34. The Morgan fingerprint density at radius 2 is 2.21 bits per heavy atom. The SMILES string of the molecule is Cc1ncc([N+](=O)[O-])n1CCOC(=O)NC(N(C)C1CCS(=O)(=O)C1)C(Cl)(Cl)Cl. The van der Waals surface area contributed by atoms with Crippen molar-refractivity contribution in [3.8, 4) is 0 Å². The lowest BCUT2D eigenvalue weighted by Gasteiger charge is -2.36. The maximum atomic E-state index is 12.2. The summed E-state index contributed by atoms with van der Waals surface area (Å²) in [7, 11) is -1.64. The van der Waals surface area contributed by atoms with Crippen molar-refractivity contribution in [1.29, 1.82) is 0 Å². The summed E-state index contributed by atoms with van der Waals surface area (Å²) in [5.41, 5.74) is 0. The van der Waals surface area contributed by atoms with Gasteiger partial charge in [0.25, 0.3) is 0 Å². The van der Waals surface area contributed by atoms with Crippen LogP contribution in [-0.2, 0) is 21.1 Å². The number of nitro groups is 1. The number of carbonyl (C=O) groups is 1. The molecule has 11 nitrogen and oxygen atoms in total. The molecule has 1 saturated heterocycles. The molecule has 2 heterocycles. The molecule has 1 fully saturated rings. The fourth-order valence-corrected chi connectivity index (χ4v) is 5.39. The third-order valence-corrected chi connectivity index (χ3v) is 6.90. The molecule has 1 aliphatic heterocycles. The first-order valence-corrected chi connectivity index (χ1v) is 11.4. The summed E-state index contributed by atoms with van der Waals surface area (Å²) in [6.07, 6.45) is -0.619. The van der Waals surface area contributed by atoms with Gasteiger partial charge in [0, 0.05) is 13.0 Å². The lowest BCUT2D eigenvalue weighted by Crippen LogP contribution is -2.57. The van der Waals surface area contributed by atoms with Crippen molar-refractivity contribution < 1.29 is 22.9 Å². The van der Waals surface area contributed by atoms with E-state index in [0.29, 0.717) is 12.2 Å². The van der Waals surface area contributed by atoms with E-state index in [0.717, 1.165) is 6.20 Å². The molecule has 0 saturated carbocycles. The van der Waals surface area contributed by atoms with Crippen molar-refractivity contribution in [2.45, 2.75) is 35.9 Å². The number of hydrogen-bond acceptors (Lipinski definition) is 8. The molecule has 1 aromatic heterocycles. The maximum Gasteiger partial charge on any atom is 0.408 e. The molecule has 1 aliphatic rings. The quantitative estimate of drug-likeness (QED) is 0.262. The number of alkyl carbamates (subject to hydrolysis) is 1. The van der Waals surface area contributed by atoms with Gasteiger partial charge in [0.1, 0.15) is 25.5 Å². The van der Waals surface area contributed by atoms with E-state index >= 15 is 0 Å². The standard InChI is InChI=1S/C14H20Cl3N5O6S/c1-9-18-7-11(22(24)25)21(9)4-5-28-13(23)19-12(14(15,16)17)20(2)10-3-6-29(26,27)8-10/h7,10,12H,3-6,8H2,1-2H3,(H,19,23). The van der Waals surface area contributed by atoms with Gasteiger partial charge in [0.15, 0.2) is 15.7 Å². The predicted molar refractivity (Wildman–Crippen MR) is 107 cm³/mol. The zero-order valence-corrected chi connectivity index (χ0v) is 18.6. The van der Waals surface area contributed by atoms with Crippen LogP contribution in [0.15, 0.2) is 6.20 Å². The zero-order chi connectivity index (χ0) is 22.0. The molecule has 2 unspecified atom stereocenters. The van der Waals surface area contributed by atoms with Crippen LogP contribution in [0.1, 0.15) is 12.2 Å². The smallest absolute Gasteiger partial charge is 0.408 e. The minimum atomic E-state index is -3.18. The van der Waals surface area contributed by atoms with Crippen LogP contribution in [0.25, 0.3) is 0 Å². The Hall–Kier alpha value is -1.34. The molecular formula is C14H20Cl3N5O6S. The first-order valence-electron chi connectivity index (χ1n) is 8.40. The lowest BCUT2D eigenvalue weighted by molar-refractivity contribution is -0.392.